The average molecular weight is 158 g/mol. The smallest absolute Gasteiger partial charge is 0.00675 e. The first-order valence-electron chi connectivity index (χ1n) is 3.99. The normalized spacial score (nSPS) is 9.80. The Morgan fingerprint density at radius 2 is 2.10 bits per heavy atom. The molecule has 60 valence electrons. The Bertz CT molecular complexity index is 86.7. The second kappa shape index (κ2) is 7.20. The zero-order chi connectivity index (χ0) is 7.82. The van der Waals surface area contributed by atoms with Crippen LogP contribution >= 0.6 is 11.8 Å². The minimum absolute atomic E-state index is 1.21. The van der Waals surface area contributed by atoms with Crippen molar-refractivity contribution >= 4 is 11.8 Å². The molecule has 0 radical (unpaired) electrons. The molecule has 0 saturated heterocycles. The van der Waals surface area contributed by atoms with Crippen molar-refractivity contribution in [1.29, 1.82) is 0 Å². The number of allylic oxidation sites excluding steroid dienone is 1. The highest BCUT2D eigenvalue weighted by Crippen LogP contribution is 2.08. The molecule has 0 aliphatic rings. The topological polar surface area (TPSA) is 0 Å². The molecule has 0 nitrogen and oxygen atoms in total. The molecule has 0 aromatic rings. The quantitative estimate of drug-likeness (QED) is 0.421. The predicted molar refractivity (Wildman–Crippen MR) is 51.7 cm³/mol. The van der Waals surface area contributed by atoms with Gasteiger partial charge in [-0.15, -0.1) is 6.58 Å². The van der Waals surface area contributed by atoms with Gasteiger partial charge in [-0.25, -0.2) is 0 Å². The summed E-state index contributed by atoms with van der Waals surface area (Å²) in [7, 11) is 0. The maximum atomic E-state index is 3.87. The molecule has 0 rings (SSSR count). The summed E-state index contributed by atoms with van der Waals surface area (Å²) >= 11 is 2.03. The van der Waals surface area contributed by atoms with Crippen LogP contribution in [0.3, 0.4) is 0 Å². The Hall–Kier alpha value is 0.0900. The van der Waals surface area contributed by atoms with Crippen LogP contribution in [0.1, 0.15) is 33.1 Å². The van der Waals surface area contributed by atoms with Crippen LogP contribution in [0.2, 0.25) is 0 Å². The van der Waals surface area contributed by atoms with E-state index in [4.69, 9.17) is 0 Å². The number of thioether (sulfide) groups is 1. The van der Waals surface area contributed by atoms with Crippen molar-refractivity contribution < 1.29 is 0 Å². The second-order valence-corrected chi connectivity index (χ2v) is 4.00. The van der Waals surface area contributed by atoms with Gasteiger partial charge in [-0.05, 0) is 37.7 Å². The lowest BCUT2D eigenvalue weighted by atomic mass is 10.2. The summed E-state index contributed by atoms with van der Waals surface area (Å²) in [5.41, 5.74) is 1.32. The van der Waals surface area contributed by atoms with Gasteiger partial charge in [0.05, 0.1) is 0 Å². The van der Waals surface area contributed by atoms with Crippen molar-refractivity contribution in [3.8, 4) is 0 Å². The minimum atomic E-state index is 1.21. The Morgan fingerprint density at radius 3 is 2.60 bits per heavy atom. The molecule has 0 aromatic heterocycles. The van der Waals surface area contributed by atoms with Crippen LogP contribution in [0.15, 0.2) is 12.2 Å². The molecular formula is C9H18S. The van der Waals surface area contributed by atoms with E-state index in [0.717, 1.165) is 0 Å². The maximum absolute atomic E-state index is 3.87. The summed E-state index contributed by atoms with van der Waals surface area (Å²) in [4.78, 5) is 0. The molecule has 0 aromatic carbocycles. The molecule has 0 amide bonds. The van der Waals surface area contributed by atoms with Crippen molar-refractivity contribution in [3.05, 3.63) is 12.2 Å². The Balaban J connectivity index is 2.84. The maximum Gasteiger partial charge on any atom is -0.00675 e. The van der Waals surface area contributed by atoms with Crippen LogP contribution < -0.4 is 0 Å². The molecule has 10 heavy (non-hydrogen) atoms. The summed E-state index contributed by atoms with van der Waals surface area (Å²) in [6, 6.07) is 0. The molecule has 0 heterocycles. The van der Waals surface area contributed by atoms with Gasteiger partial charge in [0.25, 0.3) is 0 Å². The van der Waals surface area contributed by atoms with Gasteiger partial charge in [-0.1, -0.05) is 12.5 Å². The van der Waals surface area contributed by atoms with E-state index in [1.165, 1.54) is 36.3 Å². The van der Waals surface area contributed by atoms with Gasteiger partial charge in [-0.2, -0.15) is 11.8 Å². The van der Waals surface area contributed by atoms with Crippen molar-refractivity contribution in [2.45, 2.75) is 33.1 Å². The van der Waals surface area contributed by atoms with Crippen LogP contribution in [0.5, 0.6) is 0 Å². The zero-order valence-corrected chi connectivity index (χ0v) is 7.97. The lowest BCUT2D eigenvalue weighted by Crippen LogP contribution is -1.81. The summed E-state index contributed by atoms with van der Waals surface area (Å²) in [5.74, 6) is 2.58. The van der Waals surface area contributed by atoms with Crippen LogP contribution in [-0.2, 0) is 0 Å². The van der Waals surface area contributed by atoms with Crippen molar-refractivity contribution in [2.75, 3.05) is 11.5 Å². The lowest BCUT2D eigenvalue weighted by Gasteiger charge is -1.98. The third-order valence-corrected chi connectivity index (χ3v) is 2.33. The molecule has 0 saturated carbocycles. The van der Waals surface area contributed by atoms with E-state index in [1.54, 1.807) is 0 Å². The van der Waals surface area contributed by atoms with E-state index in [9.17, 15) is 0 Å². The monoisotopic (exact) mass is 158 g/mol. The fourth-order valence-electron chi connectivity index (χ4n) is 0.775. The SMILES string of the molecule is C=C(C)CCCCSCC. The molecule has 1 heteroatoms. The van der Waals surface area contributed by atoms with E-state index < -0.39 is 0 Å². The highest BCUT2D eigenvalue weighted by molar-refractivity contribution is 7.99. The Labute approximate surface area is 69.1 Å². The molecule has 0 N–H and O–H groups in total. The number of hydrogen-bond donors (Lipinski definition) is 0. The first-order valence-corrected chi connectivity index (χ1v) is 5.15. The molecule has 0 aliphatic heterocycles. The van der Waals surface area contributed by atoms with E-state index in [2.05, 4.69) is 20.4 Å². The molecule has 0 bridgehead atoms. The molecule has 0 aliphatic carbocycles. The van der Waals surface area contributed by atoms with E-state index in [1.807, 2.05) is 11.8 Å². The third-order valence-electron chi connectivity index (χ3n) is 1.35. The van der Waals surface area contributed by atoms with Gasteiger partial charge in [0.1, 0.15) is 0 Å². The molecule has 0 atom stereocenters. The average Bonchev–Trinajstić information content (AvgIpc) is 1.87. The highest BCUT2D eigenvalue weighted by Gasteiger charge is 1.88. The zero-order valence-electron chi connectivity index (χ0n) is 7.15. The van der Waals surface area contributed by atoms with E-state index in [-0.39, 0.29) is 0 Å². The Kier molecular flexibility index (Phi) is 7.26. The first kappa shape index (κ1) is 10.1. The fourth-order valence-corrected chi connectivity index (χ4v) is 1.47. The number of rotatable bonds is 6. The van der Waals surface area contributed by atoms with Gasteiger partial charge in [0.2, 0.25) is 0 Å². The van der Waals surface area contributed by atoms with Crippen LogP contribution in [-0.4, -0.2) is 11.5 Å². The summed E-state index contributed by atoms with van der Waals surface area (Å²) in [6.07, 6.45) is 3.89. The number of unbranched alkanes of at least 4 members (excludes halogenated alkanes) is 1. The van der Waals surface area contributed by atoms with Gasteiger partial charge in [0.15, 0.2) is 0 Å². The van der Waals surface area contributed by atoms with Crippen molar-refractivity contribution in [1.82, 2.24) is 0 Å². The van der Waals surface area contributed by atoms with Gasteiger partial charge >= 0.3 is 0 Å². The minimum Gasteiger partial charge on any atom is -0.162 e. The molecule has 0 spiro atoms. The Morgan fingerprint density at radius 1 is 1.40 bits per heavy atom. The third kappa shape index (κ3) is 8.09. The van der Waals surface area contributed by atoms with Crippen LogP contribution in [0.4, 0.5) is 0 Å². The highest BCUT2D eigenvalue weighted by atomic mass is 32.2. The second-order valence-electron chi connectivity index (χ2n) is 2.61. The lowest BCUT2D eigenvalue weighted by molar-refractivity contribution is 0.796. The van der Waals surface area contributed by atoms with Gasteiger partial charge in [-0.3, -0.25) is 0 Å². The predicted octanol–water partition coefficient (Wildman–Crippen LogP) is 3.49. The van der Waals surface area contributed by atoms with E-state index in [0.29, 0.717) is 0 Å². The number of hydrogen-bond acceptors (Lipinski definition) is 1. The van der Waals surface area contributed by atoms with Crippen molar-refractivity contribution in [3.63, 3.8) is 0 Å². The fraction of sp³-hybridized carbons (Fsp3) is 0.778. The molecule has 0 fully saturated rings. The largest absolute Gasteiger partial charge is 0.162 e. The first-order chi connectivity index (χ1) is 4.77. The van der Waals surface area contributed by atoms with Gasteiger partial charge in [0, 0.05) is 0 Å². The molecule has 0 unspecified atom stereocenters. The summed E-state index contributed by atoms with van der Waals surface area (Å²) in [5, 5.41) is 0. The summed E-state index contributed by atoms with van der Waals surface area (Å²) in [6.45, 7) is 8.18. The van der Waals surface area contributed by atoms with Crippen LogP contribution in [0.25, 0.3) is 0 Å². The van der Waals surface area contributed by atoms with Gasteiger partial charge < -0.3 is 0 Å². The van der Waals surface area contributed by atoms with Crippen molar-refractivity contribution in [2.24, 2.45) is 0 Å². The van der Waals surface area contributed by atoms with Crippen LogP contribution in [0, 0.1) is 0 Å². The van der Waals surface area contributed by atoms with E-state index >= 15 is 0 Å². The molecular weight excluding hydrogens is 140 g/mol. The summed E-state index contributed by atoms with van der Waals surface area (Å²) < 4.78 is 0. The standard InChI is InChI=1S/C9H18S/c1-4-10-8-6-5-7-9(2)3/h2,4-8H2,1,3H3.